The minimum atomic E-state index is -0.510. The van der Waals surface area contributed by atoms with Crippen LogP contribution < -0.4 is 10.6 Å². The van der Waals surface area contributed by atoms with Crippen LogP contribution in [0.15, 0.2) is 54.2 Å². The molecule has 35 heavy (non-hydrogen) atoms. The van der Waals surface area contributed by atoms with Gasteiger partial charge in [-0.1, -0.05) is 55.0 Å². The van der Waals surface area contributed by atoms with Crippen LogP contribution in [-0.4, -0.2) is 34.7 Å². The molecule has 0 saturated heterocycles. The van der Waals surface area contributed by atoms with Crippen molar-refractivity contribution in [2.24, 2.45) is 5.92 Å². The van der Waals surface area contributed by atoms with Gasteiger partial charge < -0.3 is 15.4 Å². The van der Waals surface area contributed by atoms with Crippen molar-refractivity contribution in [3.05, 3.63) is 71.1 Å². The highest BCUT2D eigenvalue weighted by atomic mass is 16.6. The molecule has 2 atom stereocenters. The first-order valence-electron chi connectivity index (χ1n) is 13.2. The molecular weight excluding hydrogens is 434 g/mol. The van der Waals surface area contributed by atoms with Gasteiger partial charge in [-0.15, -0.1) is 0 Å². The minimum absolute atomic E-state index is 0.360. The number of pyridine rings is 1. The molecule has 0 radical (unpaired) electrons. The number of nitrogens with one attached hydrogen (secondary N) is 2. The summed E-state index contributed by atoms with van der Waals surface area (Å²) in [4.78, 5) is 16.4. The number of hydrogen-bond acceptors (Lipinski definition) is 5. The number of aromatic nitrogens is 1. The summed E-state index contributed by atoms with van der Waals surface area (Å²) in [6.07, 6.45) is 11.4. The molecule has 2 aromatic rings. The average molecular weight is 476 g/mol. The molecule has 2 aliphatic carbocycles. The molecule has 2 fully saturated rings. The molecule has 0 bridgehead atoms. The highest BCUT2D eigenvalue weighted by Gasteiger charge is 2.40. The van der Waals surface area contributed by atoms with Crippen LogP contribution in [0.4, 0.5) is 0 Å². The lowest BCUT2D eigenvalue weighted by Crippen LogP contribution is -2.40. The van der Waals surface area contributed by atoms with Crippen molar-refractivity contribution < 1.29 is 9.53 Å². The van der Waals surface area contributed by atoms with Gasteiger partial charge in [-0.2, -0.15) is 0 Å². The third-order valence-electron chi connectivity index (χ3n) is 7.03. The van der Waals surface area contributed by atoms with Crippen molar-refractivity contribution in [3.8, 4) is 0 Å². The van der Waals surface area contributed by atoms with E-state index in [9.17, 15) is 4.79 Å². The van der Waals surface area contributed by atoms with Gasteiger partial charge in [0.25, 0.3) is 0 Å². The SMILES string of the molecule is CC/C(=C\c1ccccc1)[C@@H]1CC1NC1CCC(NCc2ccc(C(=O)OC(C)(C)C)nc2)CC1. The van der Waals surface area contributed by atoms with E-state index in [1.54, 1.807) is 17.8 Å². The third kappa shape index (κ3) is 7.74. The Labute approximate surface area is 210 Å². The fraction of sp³-hybridized carbons (Fsp3) is 0.533. The summed E-state index contributed by atoms with van der Waals surface area (Å²) in [7, 11) is 0. The number of ether oxygens (including phenoxy) is 1. The van der Waals surface area contributed by atoms with Crippen LogP contribution in [0.2, 0.25) is 0 Å². The van der Waals surface area contributed by atoms with Gasteiger partial charge in [-0.3, -0.25) is 0 Å². The summed E-state index contributed by atoms with van der Waals surface area (Å²) in [6.45, 7) is 8.65. The Hall–Kier alpha value is -2.50. The fourth-order valence-corrected chi connectivity index (χ4v) is 5.03. The molecule has 5 heteroatoms. The lowest BCUT2D eigenvalue weighted by atomic mass is 9.91. The Kier molecular flexibility index (Phi) is 8.40. The number of hydrogen-bond donors (Lipinski definition) is 2. The van der Waals surface area contributed by atoms with Gasteiger partial charge >= 0.3 is 5.97 Å². The van der Waals surface area contributed by atoms with Gasteiger partial charge in [-0.05, 0) is 82.4 Å². The van der Waals surface area contributed by atoms with Crippen LogP contribution in [0.1, 0.15) is 87.8 Å². The van der Waals surface area contributed by atoms with E-state index in [4.69, 9.17) is 4.74 Å². The van der Waals surface area contributed by atoms with Crippen molar-refractivity contribution >= 4 is 12.0 Å². The lowest BCUT2D eigenvalue weighted by molar-refractivity contribution is 0.00628. The smallest absolute Gasteiger partial charge is 0.357 e. The predicted octanol–water partition coefficient (Wildman–Crippen LogP) is 5.91. The highest BCUT2D eigenvalue weighted by molar-refractivity contribution is 5.87. The molecule has 2 N–H and O–H groups in total. The van der Waals surface area contributed by atoms with Crippen LogP contribution in [0.25, 0.3) is 6.08 Å². The number of benzene rings is 1. The molecule has 5 nitrogen and oxygen atoms in total. The van der Waals surface area contributed by atoms with Gasteiger partial charge in [0.2, 0.25) is 0 Å². The van der Waals surface area contributed by atoms with E-state index in [0.29, 0.717) is 29.7 Å². The number of rotatable bonds is 9. The first-order valence-corrected chi connectivity index (χ1v) is 13.2. The number of nitrogens with zero attached hydrogens (tertiary/aromatic N) is 1. The second-order valence-corrected chi connectivity index (χ2v) is 11.1. The number of carbonyl (C=O) groups is 1. The van der Waals surface area contributed by atoms with Gasteiger partial charge in [0.15, 0.2) is 0 Å². The molecule has 2 saturated carbocycles. The molecule has 1 aromatic carbocycles. The molecule has 0 amide bonds. The Morgan fingerprint density at radius 1 is 1.06 bits per heavy atom. The van der Waals surface area contributed by atoms with E-state index in [0.717, 1.165) is 18.5 Å². The maximum absolute atomic E-state index is 12.1. The van der Waals surface area contributed by atoms with Gasteiger partial charge in [0, 0.05) is 30.9 Å². The summed E-state index contributed by atoms with van der Waals surface area (Å²) in [6, 6.07) is 16.2. The predicted molar refractivity (Wildman–Crippen MR) is 142 cm³/mol. The van der Waals surface area contributed by atoms with Crippen LogP contribution in [0, 0.1) is 5.92 Å². The standard InChI is InChI=1S/C30H41N3O2/c1-5-23(17-21-9-7-6-8-10-21)26-18-28(26)33-25-14-12-24(13-15-25)31-19-22-11-16-27(32-20-22)29(34)35-30(2,3)4/h6-11,16-17,20,24-26,28,31,33H,5,12-15,18-19H2,1-4H3/b23-17+/t24?,25?,26-,28?/m0/s1. The van der Waals surface area contributed by atoms with Crippen molar-refractivity contribution in [3.63, 3.8) is 0 Å². The first-order chi connectivity index (χ1) is 16.8. The zero-order chi connectivity index (χ0) is 24.8. The Balaban J connectivity index is 1.17. The molecule has 1 heterocycles. The fourth-order valence-electron chi connectivity index (χ4n) is 5.03. The molecule has 0 spiro atoms. The third-order valence-corrected chi connectivity index (χ3v) is 7.03. The van der Waals surface area contributed by atoms with Crippen molar-refractivity contribution in [1.29, 1.82) is 0 Å². The van der Waals surface area contributed by atoms with Gasteiger partial charge in [0.1, 0.15) is 11.3 Å². The maximum Gasteiger partial charge on any atom is 0.357 e. The van der Waals surface area contributed by atoms with E-state index in [1.807, 2.05) is 26.8 Å². The van der Waals surface area contributed by atoms with E-state index in [2.05, 4.69) is 58.9 Å². The molecule has 1 unspecified atom stereocenters. The molecule has 188 valence electrons. The second-order valence-electron chi connectivity index (χ2n) is 11.1. The van der Waals surface area contributed by atoms with Crippen molar-refractivity contribution in [2.45, 2.75) is 96.5 Å². The highest BCUT2D eigenvalue weighted by Crippen LogP contribution is 2.40. The summed E-state index contributed by atoms with van der Waals surface area (Å²) in [5.74, 6) is 0.328. The second kappa shape index (κ2) is 11.5. The van der Waals surface area contributed by atoms with Crippen LogP contribution >= 0.6 is 0 Å². The van der Waals surface area contributed by atoms with Crippen LogP contribution in [0.3, 0.4) is 0 Å². The van der Waals surface area contributed by atoms with Crippen LogP contribution in [0.5, 0.6) is 0 Å². The van der Waals surface area contributed by atoms with Gasteiger partial charge in [-0.25, -0.2) is 9.78 Å². The van der Waals surface area contributed by atoms with Gasteiger partial charge in [0.05, 0.1) is 0 Å². The molecule has 2 aliphatic rings. The minimum Gasteiger partial charge on any atom is -0.455 e. The number of carbonyl (C=O) groups excluding carboxylic acids is 1. The summed E-state index contributed by atoms with van der Waals surface area (Å²) < 4.78 is 5.39. The normalized spacial score (nSPS) is 24.7. The zero-order valence-corrected chi connectivity index (χ0v) is 21.7. The Morgan fingerprint density at radius 3 is 2.40 bits per heavy atom. The zero-order valence-electron chi connectivity index (χ0n) is 21.7. The lowest BCUT2D eigenvalue weighted by Gasteiger charge is -2.30. The summed E-state index contributed by atoms with van der Waals surface area (Å²) in [5.41, 5.74) is 3.84. The molecule has 1 aromatic heterocycles. The summed E-state index contributed by atoms with van der Waals surface area (Å²) >= 11 is 0. The van der Waals surface area contributed by atoms with E-state index >= 15 is 0 Å². The van der Waals surface area contributed by atoms with Crippen LogP contribution in [-0.2, 0) is 11.3 Å². The monoisotopic (exact) mass is 475 g/mol. The Morgan fingerprint density at radius 2 is 1.77 bits per heavy atom. The Bertz CT molecular complexity index is 987. The van der Waals surface area contributed by atoms with E-state index in [1.165, 1.54) is 37.7 Å². The largest absolute Gasteiger partial charge is 0.455 e. The van der Waals surface area contributed by atoms with Crippen molar-refractivity contribution in [2.75, 3.05) is 0 Å². The molecule has 0 aliphatic heterocycles. The van der Waals surface area contributed by atoms with E-state index < -0.39 is 5.60 Å². The molecular formula is C30H41N3O2. The quantitative estimate of drug-likeness (QED) is 0.442. The average Bonchev–Trinajstić information content (AvgIpc) is 3.61. The molecule has 4 rings (SSSR count). The maximum atomic E-state index is 12.1. The summed E-state index contributed by atoms with van der Waals surface area (Å²) in [5, 5.41) is 7.63. The first kappa shape index (κ1) is 25.6. The van der Waals surface area contributed by atoms with Crippen molar-refractivity contribution in [1.82, 2.24) is 15.6 Å². The van der Waals surface area contributed by atoms with E-state index in [-0.39, 0.29) is 5.97 Å². The topological polar surface area (TPSA) is 63.2 Å². The number of esters is 1.